The number of carbonyl (C=O) groups excluding carboxylic acids is 1. The zero-order chi connectivity index (χ0) is 19.5. The fourth-order valence-electron chi connectivity index (χ4n) is 2.77. The van der Waals surface area contributed by atoms with Gasteiger partial charge in [0, 0.05) is 36.6 Å². The summed E-state index contributed by atoms with van der Waals surface area (Å²) >= 11 is 1.51. The molecule has 0 bridgehead atoms. The molecular weight excluding hydrogens is 374 g/mol. The number of anilines is 1. The molecule has 8 heteroatoms. The summed E-state index contributed by atoms with van der Waals surface area (Å²) in [6.45, 7) is 1.44. The highest BCUT2D eigenvalue weighted by molar-refractivity contribution is 7.18. The van der Waals surface area contributed by atoms with Gasteiger partial charge in [0.15, 0.2) is 0 Å². The van der Waals surface area contributed by atoms with E-state index in [1.54, 1.807) is 24.7 Å². The number of pyridine rings is 1. The molecule has 0 aliphatic rings. The quantitative estimate of drug-likeness (QED) is 0.481. The van der Waals surface area contributed by atoms with E-state index in [1.165, 1.54) is 18.3 Å². The lowest BCUT2D eigenvalue weighted by molar-refractivity contribution is -0.114. The molecule has 3 aromatic heterocycles. The minimum absolute atomic E-state index is 0.00340. The Morgan fingerprint density at radius 2 is 1.96 bits per heavy atom. The van der Waals surface area contributed by atoms with Crippen LogP contribution in [-0.2, 0) is 11.4 Å². The Morgan fingerprint density at radius 1 is 1.14 bits per heavy atom. The van der Waals surface area contributed by atoms with Crippen molar-refractivity contribution in [2.75, 3.05) is 5.32 Å². The van der Waals surface area contributed by atoms with Crippen LogP contribution in [0.15, 0.2) is 55.0 Å². The predicted molar refractivity (Wildman–Crippen MR) is 109 cm³/mol. The normalized spacial score (nSPS) is 10.8. The summed E-state index contributed by atoms with van der Waals surface area (Å²) in [6.07, 6.45) is 5.12. The molecule has 0 saturated heterocycles. The summed E-state index contributed by atoms with van der Waals surface area (Å²) in [5, 5.41) is 12.8. The Balaban J connectivity index is 1.80. The first-order valence-electron chi connectivity index (χ1n) is 8.59. The molecule has 1 aromatic carbocycles. The number of aromatic nitrogens is 4. The standard InChI is InChI=1S/C20H17N5O2S/c1-12(27)24-16-10-15(6-7-21-16)20-25-17(14-4-2-13(11-26)3-5-14)18(28-20)19-22-8-9-23-19/h2-10,26H,11H2,1H3,(H,22,23)(H,21,24,27). The first-order valence-corrected chi connectivity index (χ1v) is 9.40. The van der Waals surface area contributed by atoms with E-state index in [2.05, 4.69) is 20.3 Å². The molecule has 140 valence electrons. The van der Waals surface area contributed by atoms with Crippen molar-refractivity contribution in [2.45, 2.75) is 13.5 Å². The number of imidazole rings is 1. The molecule has 0 aliphatic heterocycles. The number of aliphatic hydroxyl groups is 1. The number of hydrogen-bond acceptors (Lipinski definition) is 6. The van der Waals surface area contributed by atoms with Gasteiger partial charge in [-0.1, -0.05) is 24.3 Å². The molecular formula is C20H17N5O2S. The second kappa shape index (κ2) is 7.71. The predicted octanol–water partition coefficient (Wildman–Crippen LogP) is 3.71. The number of aliphatic hydroxyl groups excluding tert-OH is 1. The average Bonchev–Trinajstić information content (AvgIpc) is 3.37. The number of H-pyrrole nitrogens is 1. The monoisotopic (exact) mass is 391 g/mol. The van der Waals surface area contributed by atoms with Crippen LogP contribution in [0.25, 0.3) is 32.5 Å². The van der Waals surface area contributed by atoms with Crippen molar-refractivity contribution in [1.29, 1.82) is 0 Å². The summed E-state index contributed by atoms with van der Waals surface area (Å²) in [6, 6.07) is 11.3. The molecule has 0 aliphatic carbocycles. The van der Waals surface area contributed by atoms with Gasteiger partial charge in [-0.05, 0) is 17.7 Å². The van der Waals surface area contributed by atoms with E-state index < -0.39 is 0 Å². The Hall–Kier alpha value is -3.36. The average molecular weight is 391 g/mol. The number of nitrogens with one attached hydrogen (secondary N) is 2. The zero-order valence-electron chi connectivity index (χ0n) is 15.0. The number of hydrogen-bond donors (Lipinski definition) is 3. The summed E-state index contributed by atoms with van der Waals surface area (Å²) in [7, 11) is 0. The summed E-state index contributed by atoms with van der Waals surface area (Å²) in [5.41, 5.74) is 3.43. The molecule has 3 N–H and O–H groups in total. The highest BCUT2D eigenvalue weighted by Gasteiger charge is 2.18. The molecule has 3 heterocycles. The lowest BCUT2D eigenvalue weighted by Gasteiger charge is -2.03. The number of benzene rings is 1. The zero-order valence-corrected chi connectivity index (χ0v) is 15.8. The molecule has 1 amide bonds. The number of aromatic amines is 1. The van der Waals surface area contributed by atoms with Crippen molar-refractivity contribution in [3.63, 3.8) is 0 Å². The molecule has 0 saturated carbocycles. The van der Waals surface area contributed by atoms with Gasteiger partial charge < -0.3 is 15.4 Å². The van der Waals surface area contributed by atoms with Crippen molar-refractivity contribution >= 4 is 23.1 Å². The van der Waals surface area contributed by atoms with Gasteiger partial charge in [0.05, 0.1) is 17.2 Å². The fourth-order valence-corrected chi connectivity index (χ4v) is 3.81. The van der Waals surface area contributed by atoms with Crippen LogP contribution in [0, 0.1) is 0 Å². The molecule has 28 heavy (non-hydrogen) atoms. The van der Waals surface area contributed by atoms with Gasteiger partial charge >= 0.3 is 0 Å². The molecule has 0 fully saturated rings. The van der Waals surface area contributed by atoms with E-state index in [-0.39, 0.29) is 12.5 Å². The maximum Gasteiger partial charge on any atom is 0.222 e. The largest absolute Gasteiger partial charge is 0.392 e. The minimum Gasteiger partial charge on any atom is -0.392 e. The van der Waals surface area contributed by atoms with E-state index in [4.69, 9.17) is 4.98 Å². The number of amides is 1. The molecule has 0 atom stereocenters. The van der Waals surface area contributed by atoms with Gasteiger partial charge in [-0.25, -0.2) is 15.0 Å². The minimum atomic E-state index is -0.176. The number of rotatable bonds is 5. The van der Waals surface area contributed by atoms with Crippen LogP contribution < -0.4 is 5.32 Å². The van der Waals surface area contributed by atoms with E-state index >= 15 is 0 Å². The molecule has 0 unspecified atom stereocenters. The second-order valence-electron chi connectivity index (χ2n) is 6.10. The summed E-state index contributed by atoms with van der Waals surface area (Å²) in [5.74, 6) is 1.04. The van der Waals surface area contributed by atoms with Crippen LogP contribution in [0.4, 0.5) is 5.82 Å². The second-order valence-corrected chi connectivity index (χ2v) is 7.10. The molecule has 0 radical (unpaired) electrons. The lowest BCUT2D eigenvalue weighted by atomic mass is 10.1. The Bertz CT molecular complexity index is 1100. The van der Waals surface area contributed by atoms with Gasteiger partial charge in [-0.3, -0.25) is 4.79 Å². The SMILES string of the molecule is CC(=O)Nc1cc(-c2nc(-c3ccc(CO)cc3)c(-c3ncc[nH]3)s2)ccn1. The Morgan fingerprint density at radius 3 is 2.64 bits per heavy atom. The fraction of sp³-hybridized carbons (Fsp3) is 0.100. The van der Waals surface area contributed by atoms with Crippen molar-refractivity contribution in [3.8, 4) is 32.5 Å². The van der Waals surface area contributed by atoms with Crippen LogP contribution in [0.5, 0.6) is 0 Å². The van der Waals surface area contributed by atoms with Crippen molar-refractivity contribution in [2.24, 2.45) is 0 Å². The molecule has 4 rings (SSSR count). The first kappa shape index (κ1) is 18.0. The third-order valence-electron chi connectivity index (χ3n) is 4.06. The third-order valence-corrected chi connectivity index (χ3v) is 5.17. The maximum absolute atomic E-state index is 11.3. The summed E-state index contributed by atoms with van der Waals surface area (Å²) < 4.78 is 0. The van der Waals surface area contributed by atoms with Crippen molar-refractivity contribution in [1.82, 2.24) is 19.9 Å². The number of nitrogens with zero attached hydrogens (tertiary/aromatic N) is 3. The molecule has 0 spiro atoms. The van der Waals surface area contributed by atoms with Gasteiger partial charge in [0.25, 0.3) is 0 Å². The first-order chi connectivity index (χ1) is 13.6. The number of carbonyl (C=O) groups is 1. The lowest BCUT2D eigenvalue weighted by Crippen LogP contribution is -2.07. The van der Waals surface area contributed by atoms with E-state index in [0.29, 0.717) is 5.82 Å². The van der Waals surface area contributed by atoms with Gasteiger partial charge in [0.2, 0.25) is 5.91 Å². The van der Waals surface area contributed by atoms with Crippen LogP contribution in [-0.4, -0.2) is 30.9 Å². The Labute approximate surface area is 165 Å². The molecule has 4 aromatic rings. The van der Waals surface area contributed by atoms with Gasteiger partial charge in [-0.15, -0.1) is 11.3 Å². The van der Waals surface area contributed by atoms with Crippen molar-refractivity contribution < 1.29 is 9.90 Å². The van der Waals surface area contributed by atoms with E-state index in [1.807, 2.05) is 30.3 Å². The topological polar surface area (TPSA) is 104 Å². The summed E-state index contributed by atoms with van der Waals surface area (Å²) in [4.78, 5) is 28.7. The molecule has 7 nitrogen and oxygen atoms in total. The smallest absolute Gasteiger partial charge is 0.222 e. The highest BCUT2D eigenvalue weighted by Crippen LogP contribution is 2.39. The van der Waals surface area contributed by atoms with Crippen molar-refractivity contribution in [3.05, 3.63) is 60.6 Å². The van der Waals surface area contributed by atoms with Crippen LogP contribution in [0.2, 0.25) is 0 Å². The Kier molecular flexibility index (Phi) is 4.96. The third kappa shape index (κ3) is 3.68. The van der Waals surface area contributed by atoms with Gasteiger partial charge in [-0.2, -0.15) is 0 Å². The highest BCUT2D eigenvalue weighted by atomic mass is 32.1. The van der Waals surface area contributed by atoms with Gasteiger partial charge in [0.1, 0.15) is 16.6 Å². The van der Waals surface area contributed by atoms with Crippen LogP contribution >= 0.6 is 11.3 Å². The van der Waals surface area contributed by atoms with Crippen LogP contribution in [0.3, 0.4) is 0 Å². The number of thiazole rings is 1. The van der Waals surface area contributed by atoms with E-state index in [0.717, 1.165) is 38.1 Å². The van der Waals surface area contributed by atoms with Crippen LogP contribution in [0.1, 0.15) is 12.5 Å². The maximum atomic E-state index is 11.3. The van der Waals surface area contributed by atoms with E-state index in [9.17, 15) is 9.90 Å².